The summed E-state index contributed by atoms with van der Waals surface area (Å²) in [4.78, 5) is 0. The Kier molecular flexibility index (Phi) is 11.1. The van der Waals surface area contributed by atoms with Crippen LogP contribution in [-0.2, 0) is 33.4 Å². The SMILES string of the molecule is C=C[Si](Cl)(C=C)O[Si](C=C)(C=C)O[Si](C)(C)O[SiH](C)C.[Pt]. The van der Waals surface area contributed by atoms with Gasteiger partial charge in [-0.2, -0.15) is 0 Å². The van der Waals surface area contributed by atoms with Crippen LogP contribution in [0.1, 0.15) is 0 Å². The van der Waals surface area contributed by atoms with Crippen LogP contribution in [0.3, 0.4) is 0 Å². The van der Waals surface area contributed by atoms with Crippen LogP contribution in [-0.4, -0.2) is 33.8 Å². The van der Waals surface area contributed by atoms with Gasteiger partial charge in [0.2, 0.25) is 0 Å². The van der Waals surface area contributed by atoms with E-state index in [0.717, 1.165) is 0 Å². The minimum Gasteiger partial charge on any atom is -0.440 e. The molecule has 0 rings (SSSR count). The van der Waals surface area contributed by atoms with Gasteiger partial charge in [-0.3, -0.25) is 0 Å². The Balaban J connectivity index is 0. The third-order valence-electron chi connectivity index (χ3n) is 2.37. The molecule has 0 radical (unpaired) electrons. The molecule has 3 nitrogen and oxygen atoms in total. The van der Waals surface area contributed by atoms with E-state index in [0.29, 0.717) is 0 Å². The Bertz CT molecular complexity index is 375. The van der Waals surface area contributed by atoms with Crippen molar-refractivity contribution >= 4 is 44.9 Å². The second kappa shape index (κ2) is 9.74. The Hall–Kier alpha value is 0.686. The van der Waals surface area contributed by atoms with Crippen molar-refractivity contribution in [3.8, 4) is 0 Å². The van der Waals surface area contributed by atoms with Gasteiger partial charge in [0.1, 0.15) is 0 Å². The van der Waals surface area contributed by atoms with E-state index in [9.17, 15) is 0 Å². The van der Waals surface area contributed by atoms with Gasteiger partial charge in [-0.1, -0.05) is 11.4 Å². The van der Waals surface area contributed by atoms with E-state index >= 15 is 0 Å². The van der Waals surface area contributed by atoms with Gasteiger partial charge < -0.3 is 12.3 Å². The molecule has 124 valence electrons. The molecule has 0 N–H and O–H groups in total. The molecule has 0 aliphatic rings. The quantitative estimate of drug-likeness (QED) is 0.301. The normalized spacial score (nSPS) is 12.5. The maximum absolute atomic E-state index is 6.41. The average molecular weight is 560 g/mol. The van der Waals surface area contributed by atoms with Crippen LogP contribution < -0.4 is 0 Å². The van der Waals surface area contributed by atoms with Crippen molar-refractivity contribution in [2.75, 3.05) is 0 Å². The molecule has 0 aromatic carbocycles. The first-order chi connectivity index (χ1) is 9.07. The van der Waals surface area contributed by atoms with Crippen molar-refractivity contribution in [2.24, 2.45) is 0 Å². The zero-order valence-corrected chi connectivity index (χ0v) is 20.3. The summed E-state index contributed by atoms with van der Waals surface area (Å²) < 4.78 is 18.3. The first-order valence-corrected chi connectivity index (χ1v) is 17.0. The van der Waals surface area contributed by atoms with Crippen LogP contribution in [0.4, 0.5) is 0 Å². The summed E-state index contributed by atoms with van der Waals surface area (Å²) >= 11 is 6.41. The molecule has 0 amide bonds. The summed E-state index contributed by atoms with van der Waals surface area (Å²) in [5.74, 6) is 0. The summed E-state index contributed by atoms with van der Waals surface area (Å²) in [6.45, 7) is 23.3. The molecule has 0 spiro atoms. The third kappa shape index (κ3) is 8.20. The van der Waals surface area contributed by atoms with E-state index in [1.165, 1.54) is 0 Å². The van der Waals surface area contributed by atoms with Crippen molar-refractivity contribution in [3.05, 3.63) is 49.1 Å². The smallest absolute Gasteiger partial charge is 0.373 e. The Morgan fingerprint density at radius 3 is 1.62 bits per heavy atom. The minimum atomic E-state index is -2.85. The molecule has 0 fully saturated rings. The molecule has 0 atom stereocenters. The molecule has 0 aromatic rings. The second-order valence-corrected chi connectivity index (χ2v) is 18.7. The van der Waals surface area contributed by atoms with Gasteiger partial charge in [0, 0.05) is 21.1 Å². The molecule has 0 heterocycles. The summed E-state index contributed by atoms with van der Waals surface area (Å²) in [6, 6.07) is 0. The zero-order chi connectivity index (χ0) is 16.0. The minimum absolute atomic E-state index is 0. The van der Waals surface area contributed by atoms with Gasteiger partial charge in [0.25, 0.3) is 0 Å². The summed E-state index contributed by atoms with van der Waals surface area (Å²) in [5, 5.41) is 0. The van der Waals surface area contributed by atoms with Crippen molar-refractivity contribution in [1.82, 2.24) is 0 Å². The number of halogens is 1. The fraction of sp³-hybridized carbons (Fsp3) is 0.333. The Morgan fingerprint density at radius 2 is 1.33 bits per heavy atom. The molecular weight excluding hydrogens is 535 g/mol. The second-order valence-electron chi connectivity index (χ2n) is 5.01. The number of rotatable bonds is 10. The molecule has 0 saturated carbocycles. The van der Waals surface area contributed by atoms with E-state index in [-0.39, 0.29) is 21.1 Å². The summed E-state index contributed by atoms with van der Waals surface area (Å²) in [6.07, 6.45) is 0. The summed E-state index contributed by atoms with van der Waals surface area (Å²) in [5.41, 5.74) is 6.56. The number of hydrogen-bond donors (Lipinski definition) is 0. The molecule has 0 unspecified atom stereocenters. The van der Waals surface area contributed by atoms with Crippen molar-refractivity contribution in [1.29, 1.82) is 0 Å². The van der Waals surface area contributed by atoms with Gasteiger partial charge >= 0.3 is 24.7 Å². The molecule has 0 aliphatic carbocycles. The van der Waals surface area contributed by atoms with E-state index in [2.05, 4.69) is 39.4 Å². The fourth-order valence-corrected chi connectivity index (χ4v) is 15.8. The fourth-order valence-electron chi connectivity index (χ4n) is 1.66. The summed E-state index contributed by atoms with van der Waals surface area (Å²) in [7, 11) is -9.11. The van der Waals surface area contributed by atoms with Gasteiger partial charge in [-0.05, 0) is 37.6 Å². The van der Waals surface area contributed by atoms with Crippen molar-refractivity contribution in [2.45, 2.75) is 26.2 Å². The molecule has 9 heteroatoms. The maximum Gasteiger partial charge on any atom is 0.373 e. The van der Waals surface area contributed by atoms with E-state index in [4.69, 9.17) is 23.4 Å². The molecule has 0 bridgehead atoms. The molecular formula is C12H25ClO3PtSi4. The standard InChI is InChI=1S/C12H25ClO3Si4.Pt/c1-9-19(13,10-2)16-20(11-3,12-4)15-18(7,8)14-17(5)6;/h9-12,17H,1-4H2,5-8H3;. The van der Waals surface area contributed by atoms with Crippen molar-refractivity contribution in [3.63, 3.8) is 0 Å². The maximum atomic E-state index is 6.41. The first-order valence-electron chi connectivity index (χ1n) is 6.39. The van der Waals surface area contributed by atoms with Crippen LogP contribution in [0.5, 0.6) is 0 Å². The van der Waals surface area contributed by atoms with Crippen LogP contribution in [0.25, 0.3) is 0 Å². The zero-order valence-electron chi connectivity index (χ0n) is 13.1. The van der Waals surface area contributed by atoms with Gasteiger partial charge in [0.05, 0.1) is 0 Å². The molecule has 0 saturated heterocycles. The van der Waals surface area contributed by atoms with Gasteiger partial charge in [-0.15, -0.1) is 37.4 Å². The van der Waals surface area contributed by atoms with Crippen LogP contribution in [0.15, 0.2) is 49.1 Å². The molecule has 0 aliphatic heterocycles. The van der Waals surface area contributed by atoms with E-state index in [1.807, 2.05) is 13.1 Å². The predicted octanol–water partition coefficient (Wildman–Crippen LogP) is 3.74. The molecule has 21 heavy (non-hydrogen) atoms. The monoisotopic (exact) mass is 559 g/mol. The van der Waals surface area contributed by atoms with Gasteiger partial charge in [-0.25, -0.2) is 0 Å². The topological polar surface area (TPSA) is 27.7 Å². The number of hydrogen-bond acceptors (Lipinski definition) is 3. The van der Waals surface area contributed by atoms with Crippen LogP contribution in [0.2, 0.25) is 26.2 Å². The van der Waals surface area contributed by atoms with Crippen LogP contribution >= 0.6 is 11.1 Å². The predicted molar refractivity (Wildman–Crippen MR) is 97.8 cm³/mol. The average Bonchev–Trinajstić information content (AvgIpc) is 2.35. The van der Waals surface area contributed by atoms with Crippen molar-refractivity contribution < 1.29 is 33.4 Å². The van der Waals surface area contributed by atoms with E-state index < -0.39 is 33.8 Å². The largest absolute Gasteiger partial charge is 0.440 e. The third-order valence-corrected chi connectivity index (χ3v) is 16.2. The van der Waals surface area contributed by atoms with Crippen LogP contribution in [0, 0.1) is 0 Å². The Labute approximate surface area is 153 Å². The first kappa shape index (κ1) is 23.9. The Morgan fingerprint density at radius 1 is 0.905 bits per heavy atom. The molecule has 0 aromatic heterocycles. The van der Waals surface area contributed by atoms with E-state index in [1.54, 1.807) is 22.8 Å². The van der Waals surface area contributed by atoms with Gasteiger partial charge in [0.15, 0.2) is 9.04 Å².